The van der Waals surface area contributed by atoms with E-state index in [-0.39, 0.29) is 24.6 Å². The van der Waals surface area contributed by atoms with E-state index in [1.54, 1.807) is 13.8 Å². The SMILES string of the molecule is CCC(=O)CCCC(N[C@@H](CCO)C(=O)O)C(=O)CC. The van der Waals surface area contributed by atoms with Crippen molar-refractivity contribution in [2.75, 3.05) is 6.61 Å². The molecule has 20 heavy (non-hydrogen) atoms. The molecule has 1 unspecified atom stereocenters. The number of Topliss-reactive ketones (excluding diaryl/α,β-unsaturated/α-hetero) is 2. The summed E-state index contributed by atoms with van der Waals surface area (Å²) in [4.78, 5) is 34.1. The quantitative estimate of drug-likeness (QED) is 0.493. The number of hydrogen-bond donors (Lipinski definition) is 3. The molecule has 0 aromatic rings. The van der Waals surface area contributed by atoms with Crippen molar-refractivity contribution < 1.29 is 24.6 Å². The summed E-state index contributed by atoms with van der Waals surface area (Å²) in [7, 11) is 0. The number of ketones is 2. The molecule has 0 radical (unpaired) electrons. The van der Waals surface area contributed by atoms with Crippen molar-refractivity contribution in [2.45, 2.75) is 64.5 Å². The van der Waals surface area contributed by atoms with Crippen molar-refractivity contribution in [2.24, 2.45) is 0 Å². The molecule has 3 N–H and O–H groups in total. The van der Waals surface area contributed by atoms with Gasteiger partial charge in [0.05, 0.1) is 6.04 Å². The molecule has 0 spiro atoms. The van der Waals surface area contributed by atoms with Crippen LogP contribution in [0.15, 0.2) is 0 Å². The summed E-state index contributed by atoms with van der Waals surface area (Å²) in [5.74, 6) is -1.02. The monoisotopic (exact) mass is 287 g/mol. The average molecular weight is 287 g/mol. The Bertz CT molecular complexity index is 330. The van der Waals surface area contributed by atoms with E-state index in [1.807, 2.05) is 0 Å². The molecule has 0 aromatic heterocycles. The van der Waals surface area contributed by atoms with Gasteiger partial charge in [0, 0.05) is 25.9 Å². The lowest BCUT2D eigenvalue weighted by Gasteiger charge is -2.21. The highest BCUT2D eigenvalue weighted by atomic mass is 16.4. The van der Waals surface area contributed by atoms with E-state index < -0.39 is 18.1 Å². The molecule has 6 nitrogen and oxygen atoms in total. The minimum Gasteiger partial charge on any atom is -0.480 e. The molecular formula is C14H25NO5. The summed E-state index contributed by atoms with van der Waals surface area (Å²) in [5, 5.41) is 20.6. The maximum absolute atomic E-state index is 11.8. The molecule has 0 bridgehead atoms. The fourth-order valence-corrected chi connectivity index (χ4v) is 1.91. The normalized spacial score (nSPS) is 13.8. The fraction of sp³-hybridized carbons (Fsp3) is 0.786. The number of carbonyl (C=O) groups is 3. The van der Waals surface area contributed by atoms with Crippen LogP contribution in [-0.4, -0.2) is 46.4 Å². The molecular weight excluding hydrogens is 262 g/mol. The predicted molar refractivity (Wildman–Crippen MR) is 74.5 cm³/mol. The topological polar surface area (TPSA) is 104 Å². The van der Waals surface area contributed by atoms with Gasteiger partial charge in [-0.25, -0.2) is 0 Å². The maximum Gasteiger partial charge on any atom is 0.320 e. The van der Waals surface area contributed by atoms with Crippen LogP contribution < -0.4 is 5.32 Å². The highest BCUT2D eigenvalue weighted by molar-refractivity contribution is 5.85. The Hall–Kier alpha value is -1.27. The van der Waals surface area contributed by atoms with Crippen LogP contribution >= 0.6 is 0 Å². The first-order chi connectivity index (χ1) is 9.46. The molecule has 0 amide bonds. The minimum atomic E-state index is -1.09. The molecule has 0 heterocycles. The number of carbonyl (C=O) groups excluding carboxylic acids is 2. The van der Waals surface area contributed by atoms with Crippen LogP contribution in [0.5, 0.6) is 0 Å². The van der Waals surface area contributed by atoms with Crippen LogP contribution in [0.4, 0.5) is 0 Å². The van der Waals surface area contributed by atoms with E-state index in [0.717, 1.165) is 0 Å². The summed E-state index contributed by atoms with van der Waals surface area (Å²) in [6.07, 6.45) is 2.24. The first-order valence-electron chi connectivity index (χ1n) is 7.10. The van der Waals surface area contributed by atoms with Gasteiger partial charge in [-0.15, -0.1) is 0 Å². The van der Waals surface area contributed by atoms with Gasteiger partial charge in [0.1, 0.15) is 17.6 Å². The van der Waals surface area contributed by atoms with Crippen LogP contribution in [0.2, 0.25) is 0 Å². The van der Waals surface area contributed by atoms with E-state index in [1.165, 1.54) is 0 Å². The van der Waals surface area contributed by atoms with E-state index in [0.29, 0.717) is 32.1 Å². The molecule has 0 aliphatic rings. The van der Waals surface area contributed by atoms with Gasteiger partial charge in [0.15, 0.2) is 0 Å². The molecule has 116 valence electrons. The van der Waals surface area contributed by atoms with Crippen molar-refractivity contribution in [3.8, 4) is 0 Å². The van der Waals surface area contributed by atoms with Crippen molar-refractivity contribution in [3.63, 3.8) is 0 Å². The van der Waals surface area contributed by atoms with Gasteiger partial charge >= 0.3 is 5.97 Å². The van der Waals surface area contributed by atoms with Gasteiger partial charge in [-0.05, 0) is 19.3 Å². The van der Waals surface area contributed by atoms with E-state index in [9.17, 15) is 14.4 Å². The number of carboxylic acid groups (broad SMARTS) is 1. The lowest BCUT2D eigenvalue weighted by Crippen LogP contribution is -2.47. The second-order valence-corrected chi connectivity index (χ2v) is 4.73. The van der Waals surface area contributed by atoms with Gasteiger partial charge in [-0.2, -0.15) is 0 Å². The van der Waals surface area contributed by atoms with Crippen LogP contribution in [0.3, 0.4) is 0 Å². The maximum atomic E-state index is 11.8. The molecule has 0 saturated heterocycles. The average Bonchev–Trinajstić information content (AvgIpc) is 2.43. The highest BCUT2D eigenvalue weighted by Gasteiger charge is 2.24. The zero-order valence-corrected chi connectivity index (χ0v) is 12.2. The van der Waals surface area contributed by atoms with Crippen molar-refractivity contribution in [1.82, 2.24) is 5.32 Å². The summed E-state index contributed by atoms with van der Waals surface area (Å²) < 4.78 is 0. The summed E-state index contributed by atoms with van der Waals surface area (Å²) in [5.41, 5.74) is 0. The first-order valence-corrected chi connectivity index (χ1v) is 7.10. The van der Waals surface area contributed by atoms with E-state index >= 15 is 0 Å². The lowest BCUT2D eigenvalue weighted by atomic mass is 10.0. The number of nitrogens with one attached hydrogen (secondary N) is 1. The summed E-state index contributed by atoms with van der Waals surface area (Å²) in [6.45, 7) is 3.25. The first kappa shape index (κ1) is 18.7. The predicted octanol–water partition coefficient (Wildman–Crippen LogP) is 0.909. The Morgan fingerprint density at radius 3 is 2.15 bits per heavy atom. The number of rotatable bonds is 12. The van der Waals surface area contributed by atoms with E-state index in [4.69, 9.17) is 10.2 Å². The van der Waals surface area contributed by atoms with Crippen molar-refractivity contribution >= 4 is 17.5 Å². The van der Waals surface area contributed by atoms with Crippen LogP contribution in [0.1, 0.15) is 52.4 Å². The smallest absolute Gasteiger partial charge is 0.320 e. The third kappa shape index (κ3) is 7.35. The molecule has 2 atom stereocenters. The zero-order valence-electron chi connectivity index (χ0n) is 12.2. The summed E-state index contributed by atoms with van der Waals surface area (Å²) in [6, 6.07) is -1.51. The van der Waals surface area contributed by atoms with Crippen LogP contribution in [0, 0.1) is 0 Å². The van der Waals surface area contributed by atoms with Gasteiger partial charge in [-0.3, -0.25) is 19.7 Å². The van der Waals surface area contributed by atoms with Gasteiger partial charge in [0.2, 0.25) is 0 Å². The van der Waals surface area contributed by atoms with Gasteiger partial charge in [0.25, 0.3) is 0 Å². The standard InChI is InChI=1S/C14H25NO5/c1-3-10(17)6-5-7-11(13(18)4-2)15-12(8-9-16)14(19)20/h11-12,15-16H,3-9H2,1-2H3,(H,19,20)/t11?,12-/m0/s1. The Kier molecular flexibility index (Phi) is 9.84. The third-order valence-corrected chi connectivity index (χ3v) is 3.20. The lowest BCUT2D eigenvalue weighted by molar-refractivity contribution is -0.140. The molecule has 0 aliphatic carbocycles. The molecule has 0 aliphatic heterocycles. The fourth-order valence-electron chi connectivity index (χ4n) is 1.91. The second-order valence-electron chi connectivity index (χ2n) is 4.73. The number of aliphatic carboxylic acids is 1. The number of hydrogen-bond acceptors (Lipinski definition) is 5. The number of carboxylic acids is 1. The van der Waals surface area contributed by atoms with Crippen LogP contribution in [-0.2, 0) is 14.4 Å². The molecule has 6 heteroatoms. The van der Waals surface area contributed by atoms with Gasteiger partial charge in [-0.1, -0.05) is 13.8 Å². The highest BCUT2D eigenvalue weighted by Crippen LogP contribution is 2.08. The number of aliphatic hydroxyl groups excluding tert-OH is 1. The molecule has 0 saturated carbocycles. The number of aliphatic hydroxyl groups is 1. The Labute approximate surface area is 119 Å². The Morgan fingerprint density at radius 2 is 1.70 bits per heavy atom. The molecule has 0 fully saturated rings. The summed E-state index contributed by atoms with van der Waals surface area (Å²) >= 11 is 0. The van der Waals surface area contributed by atoms with Crippen molar-refractivity contribution in [1.29, 1.82) is 0 Å². The molecule has 0 aromatic carbocycles. The zero-order chi connectivity index (χ0) is 15.5. The Balaban J connectivity index is 4.50. The minimum absolute atomic E-state index is 0.0523. The Morgan fingerprint density at radius 1 is 1.05 bits per heavy atom. The van der Waals surface area contributed by atoms with E-state index in [2.05, 4.69) is 5.32 Å². The second kappa shape index (κ2) is 10.5. The van der Waals surface area contributed by atoms with Gasteiger partial charge < -0.3 is 10.2 Å². The van der Waals surface area contributed by atoms with Crippen LogP contribution in [0.25, 0.3) is 0 Å². The molecule has 0 rings (SSSR count). The third-order valence-electron chi connectivity index (χ3n) is 3.20. The largest absolute Gasteiger partial charge is 0.480 e. The van der Waals surface area contributed by atoms with Crippen molar-refractivity contribution in [3.05, 3.63) is 0 Å².